The molecule has 0 unspecified atom stereocenters. The third-order valence-corrected chi connectivity index (χ3v) is 1.64. The molecule has 0 aliphatic heterocycles. The summed E-state index contributed by atoms with van der Waals surface area (Å²) < 4.78 is 36.4. The number of hydrogen-bond acceptors (Lipinski definition) is 0. The van der Waals surface area contributed by atoms with Gasteiger partial charge in [-0.1, -0.05) is 28.1 Å². The van der Waals surface area contributed by atoms with Gasteiger partial charge in [0.1, 0.15) is 0 Å². The van der Waals surface area contributed by atoms with Gasteiger partial charge in [0.25, 0.3) is 0 Å². The van der Waals surface area contributed by atoms with Crippen LogP contribution in [0.3, 0.4) is 0 Å². The van der Waals surface area contributed by atoms with E-state index in [2.05, 4.69) is 22.5 Å². The second-order valence-corrected chi connectivity index (χ2v) is 3.62. The highest BCUT2D eigenvalue weighted by atomic mass is 79.9. The van der Waals surface area contributed by atoms with Gasteiger partial charge in [0, 0.05) is 10.1 Å². The monoisotopic (exact) mass is 254 g/mol. The molecule has 4 heteroatoms. The molecule has 0 aliphatic carbocycles. The van der Waals surface area contributed by atoms with Crippen molar-refractivity contribution in [2.75, 3.05) is 0 Å². The van der Waals surface area contributed by atoms with Crippen molar-refractivity contribution in [3.05, 3.63) is 34.4 Å². The number of halogens is 4. The molecule has 0 spiro atoms. The molecule has 0 nitrogen and oxygen atoms in total. The smallest absolute Gasteiger partial charge is 0.166 e. The highest BCUT2D eigenvalue weighted by Gasteiger charge is 2.29. The molecule has 0 rings (SSSR count). The fraction of sp³-hybridized carbons (Fsp3) is 0.333. The zero-order chi connectivity index (χ0) is 10.6. The summed E-state index contributed by atoms with van der Waals surface area (Å²) in [6, 6.07) is 0. The van der Waals surface area contributed by atoms with Crippen LogP contribution in [0.2, 0.25) is 0 Å². The van der Waals surface area contributed by atoms with Crippen LogP contribution in [0.15, 0.2) is 34.4 Å². The minimum absolute atomic E-state index is 0.370. The highest BCUT2D eigenvalue weighted by Crippen LogP contribution is 2.27. The summed E-state index contributed by atoms with van der Waals surface area (Å²) in [4.78, 5) is 0. The maximum atomic E-state index is 12.0. The second kappa shape index (κ2) is 4.65. The summed E-state index contributed by atoms with van der Waals surface area (Å²) in [6.45, 7) is 6.28. The largest absolute Gasteiger partial charge is 0.412 e. The predicted octanol–water partition coefficient (Wildman–Crippen LogP) is 4.35. The molecule has 0 N–H and O–H groups in total. The van der Waals surface area contributed by atoms with Crippen LogP contribution in [0.5, 0.6) is 0 Å². The van der Waals surface area contributed by atoms with E-state index in [0.717, 1.165) is 13.0 Å². The van der Waals surface area contributed by atoms with Gasteiger partial charge in [-0.25, -0.2) is 0 Å². The second-order valence-electron chi connectivity index (χ2n) is 2.70. The first-order valence-electron chi connectivity index (χ1n) is 3.51. The molecule has 0 heterocycles. The molecule has 0 aliphatic rings. The van der Waals surface area contributed by atoms with Crippen LogP contribution in [0.1, 0.15) is 13.8 Å². The third-order valence-electron chi connectivity index (χ3n) is 1.19. The third kappa shape index (κ3) is 5.69. The lowest BCUT2D eigenvalue weighted by molar-refractivity contribution is -0.0913. The van der Waals surface area contributed by atoms with Crippen molar-refractivity contribution in [3.8, 4) is 0 Å². The molecule has 0 aromatic carbocycles. The Morgan fingerprint density at radius 1 is 1.23 bits per heavy atom. The van der Waals surface area contributed by atoms with Crippen molar-refractivity contribution in [3.63, 3.8) is 0 Å². The van der Waals surface area contributed by atoms with Crippen molar-refractivity contribution in [1.29, 1.82) is 0 Å². The Kier molecular flexibility index (Phi) is 4.47. The van der Waals surface area contributed by atoms with Crippen molar-refractivity contribution < 1.29 is 13.2 Å². The SMILES string of the molecule is C=C(C)/C=C(Br)\C=C(/C)C(F)(F)F. The minimum Gasteiger partial charge on any atom is -0.166 e. The summed E-state index contributed by atoms with van der Waals surface area (Å²) in [5, 5.41) is 0. The zero-order valence-electron chi connectivity index (χ0n) is 7.37. The summed E-state index contributed by atoms with van der Waals surface area (Å²) in [5.74, 6) is 0. The molecule has 0 saturated carbocycles. The summed E-state index contributed by atoms with van der Waals surface area (Å²) in [6.07, 6.45) is -1.72. The Bertz CT molecular complexity index is 259. The Hall–Kier alpha value is -0.510. The lowest BCUT2D eigenvalue weighted by Gasteiger charge is -2.05. The van der Waals surface area contributed by atoms with E-state index in [4.69, 9.17) is 0 Å². The first-order chi connectivity index (χ1) is 5.73. The van der Waals surface area contributed by atoms with E-state index in [-0.39, 0.29) is 0 Å². The Morgan fingerprint density at radius 2 is 1.69 bits per heavy atom. The quantitative estimate of drug-likeness (QED) is 0.643. The fourth-order valence-corrected chi connectivity index (χ4v) is 1.30. The summed E-state index contributed by atoms with van der Waals surface area (Å²) in [7, 11) is 0. The summed E-state index contributed by atoms with van der Waals surface area (Å²) >= 11 is 3.00. The standard InChI is InChI=1S/C9H10BrF3/c1-6(2)4-8(10)5-7(3)9(11,12)13/h4-5H,1H2,2-3H3/b7-5+,8-4+. The van der Waals surface area contributed by atoms with Gasteiger partial charge in [0.15, 0.2) is 0 Å². The topological polar surface area (TPSA) is 0 Å². The Balaban J connectivity index is 4.67. The van der Waals surface area contributed by atoms with Crippen molar-refractivity contribution in [1.82, 2.24) is 0 Å². The molecule has 0 amide bonds. The molecular weight excluding hydrogens is 245 g/mol. The van der Waals surface area contributed by atoms with E-state index in [1.807, 2.05) is 0 Å². The molecule has 0 fully saturated rings. The van der Waals surface area contributed by atoms with E-state index in [0.29, 0.717) is 10.1 Å². The molecule has 0 aromatic rings. The van der Waals surface area contributed by atoms with Crippen LogP contribution >= 0.6 is 15.9 Å². The summed E-state index contributed by atoms with van der Waals surface area (Å²) in [5.41, 5.74) is 0.0509. The van der Waals surface area contributed by atoms with E-state index in [1.165, 1.54) is 6.08 Å². The number of hydrogen-bond donors (Lipinski definition) is 0. The molecule has 74 valence electrons. The number of alkyl halides is 3. The van der Waals surface area contributed by atoms with E-state index in [1.54, 1.807) is 6.92 Å². The van der Waals surface area contributed by atoms with E-state index >= 15 is 0 Å². The first kappa shape index (κ1) is 12.5. The normalized spacial score (nSPS) is 14.6. The molecule has 13 heavy (non-hydrogen) atoms. The fourth-order valence-electron chi connectivity index (χ4n) is 0.566. The lowest BCUT2D eigenvalue weighted by atomic mass is 10.2. The van der Waals surface area contributed by atoms with Crippen LogP contribution in [0.25, 0.3) is 0 Å². The lowest BCUT2D eigenvalue weighted by Crippen LogP contribution is -2.08. The zero-order valence-corrected chi connectivity index (χ0v) is 8.96. The highest BCUT2D eigenvalue weighted by molar-refractivity contribution is 9.11. The van der Waals surface area contributed by atoms with Crippen LogP contribution in [0, 0.1) is 0 Å². The van der Waals surface area contributed by atoms with Crippen molar-refractivity contribution >= 4 is 15.9 Å². The van der Waals surface area contributed by atoms with Crippen LogP contribution in [-0.2, 0) is 0 Å². The van der Waals surface area contributed by atoms with Crippen LogP contribution < -0.4 is 0 Å². The van der Waals surface area contributed by atoms with Crippen molar-refractivity contribution in [2.45, 2.75) is 20.0 Å². The maximum absolute atomic E-state index is 12.0. The average molecular weight is 255 g/mol. The van der Waals surface area contributed by atoms with Crippen LogP contribution in [0.4, 0.5) is 13.2 Å². The maximum Gasteiger partial charge on any atom is 0.412 e. The first-order valence-corrected chi connectivity index (χ1v) is 4.31. The van der Waals surface area contributed by atoms with Crippen molar-refractivity contribution in [2.24, 2.45) is 0 Å². The number of allylic oxidation sites excluding steroid dienone is 5. The van der Waals surface area contributed by atoms with Gasteiger partial charge in [-0.3, -0.25) is 0 Å². The van der Waals surface area contributed by atoms with E-state index < -0.39 is 11.7 Å². The molecule has 0 bridgehead atoms. The molecule has 0 radical (unpaired) electrons. The molecule has 0 aromatic heterocycles. The van der Waals surface area contributed by atoms with Gasteiger partial charge in [-0.15, -0.1) is 0 Å². The van der Waals surface area contributed by atoms with Gasteiger partial charge in [0.2, 0.25) is 0 Å². The molecular formula is C9H10BrF3. The Morgan fingerprint density at radius 3 is 2.00 bits per heavy atom. The molecule has 0 atom stereocenters. The van der Waals surface area contributed by atoms with Gasteiger partial charge >= 0.3 is 6.18 Å². The minimum atomic E-state index is -4.26. The van der Waals surface area contributed by atoms with Gasteiger partial charge in [-0.2, -0.15) is 13.2 Å². The Labute approximate surface area is 84.0 Å². The predicted molar refractivity (Wildman–Crippen MR) is 51.6 cm³/mol. The van der Waals surface area contributed by atoms with Gasteiger partial charge in [0.05, 0.1) is 0 Å². The van der Waals surface area contributed by atoms with Gasteiger partial charge < -0.3 is 0 Å². The number of rotatable bonds is 2. The average Bonchev–Trinajstić information content (AvgIpc) is 1.82. The molecule has 0 saturated heterocycles. The van der Waals surface area contributed by atoms with Crippen LogP contribution in [-0.4, -0.2) is 6.18 Å². The van der Waals surface area contributed by atoms with E-state index in [9.17, 15) is 13.2 Å². The van der Waals surface area contributed by atoms with Gasteiger partial charge in [-0.05, 0) is 26.0 Å².